The molecule has 1 aromatic carbocycles. The van der Waals surface area contributed by atoms with E-state index in [0.717, 1.165) is 10.0 Å². The highest BCUT2D eigenvalue weighted by molar-refractivity contribution is 9.10. The van der Waals surface area contributed by atoms with E-state index in [1.54, 1.807) is 0 Å². The summed E-state index contributed by atoms with van der Waals surface area (Å²) in [4.78, 5) is 10.5. The van der Waals surface area contributed by atoms with Gasteiger partial charge in [-0.1, -0.05) is 28.1 Å². The molecule has 5 heteroatoms. The first-order chi connectivity index (χ1) is 7.16. The molecule has 1 heterocycles. The molecule has 0 radical (unpaired) electrons. The maximum atomic E-state index is 10.5. The van der Waals surface area contributed by atoms with Gasteiger partial charge in [-0.3, -0.25) is 5.10 Å². The third-order valence-corrected chi connectivity index (χ3v) is 2.41. The predicted octanol–water partition coefficient (Wildman–Crippen LogP) is 1.20. The number of rotatable bonds is 2. The van der Waals surface area contributed by atoms with Gasteiger partial charge in [-0.05, 0) is 18.2 Å². The highest BCUT2D eigenvalue weighted by Gasteiger charge is 2.04. The van der Waals surface area contributed by atoms with Crippen molar-refractivity contribution in [2.75, 3.05) is 0 Å². The van der Waals surface area contributed by atoms with E-state index < -0.39 is 5.97 Å². The summed E-state index contributed by atoms with van der Waals surface area (Å²) in [5.41, 5.74) is 1.40. The molecule has 2 aromatic rings. The average Bonchev–Trinajstić information content (AvgIpc) is 2.66. The molecule has 0 aliphatic carbocycles. The highest BCUT2D eigenvalue weighted by Crippen LogP contribution is 2.21. The molecule has 0 unspecified atom stereocenters. The van der Waals surface area contributed by atoms with Crippen molar-refractivity contribution in [3.8, 4) is 11.3 Å². The number of hydrogen-bond donors (Lipinski definition) is 1. The Bertz CT molecular complexity index is 508. The maximum Gasteiger partial charge on any atom is 0.0928 e. The van der Waals surface area contributed by atoms with Gasteiger partial charge in [0, 0.05) is 10.0 Å². The maximum absolute atomic E-state index is 10.5. The quantitative estimate of drug-likeness (QED) is 0.888. The summed E-state index contributed by atoms with van der Waals surface area (Å²) in [6.45, 7) is 0. The van der Waals surface area contributed by atoms with Gasteiger partial charge in [0.25, 0.3) is 0 Å². The first-order valence-electron chi connectivity index (χ1n) is 4.19. The van der Waals surface area contributed by atoms with E-state index >= 15 is 0 Å². The third kappa shape index (κ3) is 2.07. The third-order valence-electron chi connectivity index (χ3n) is 1.92. The number of carboxylic acid groups (broad SMARTS) is 1. The van der Waals surface area contributed by atoms with Crippen molar-refractivity contribution in [3.05, 3.63) is 40.5 Å². The SMILES string of the molecule is O=C([O-])c1cc(-c2cccc(Br)c2)n[nH]1. The van der Waals surface area contributed by atoms with Crippen LogP contribution in [0.25, 0.3) is 11.3 Å². The predicted molar refractivity (Wildman–Crippen MR) is 56.1 cm³/mol. The second-order valence-electron chi connectivity index (χ2n) is 2.96. The van der Waals surface area contributed by atoms with Crippen molar-refractivity contribution in [1.29, 1.82) is 0 Å². The monoisotopic (exact) mass is 265 g/mol. The van der Waals surface area contributed by atoms with Gasteiger partial charge in [-0.15, -0.1) is 0 Å². The second-order valence-corrected chi connectivity index (χ2v) is 3.88. The van der Waals surface area contributed by atoms with Crippen LogP contribution < -0.4 is 5.11 Å². The van der Waals surface area contributed by atoms with Crippen LogP contribution >= 0.6 is 15.9 Å². The van der Waals surface area contributed by atoms with Crippen molar-refractivity contribution < 1.29 is 9.90 Å². The number of carbonyl (C=O) groups excluding carboxylic acids is 1. The fourth-order valence-corrected chi connectivity index (χ4v) is 1.62. The number of aromatic amines is 1. The van der Waals surface area contributed by atoms with Gasteiger partial charge in [0.05, 0.1) is 17.4 Å². The smallest absolute Gasteiger partial charge is 0.0928 e. The standard InChI is InChI=1S/C10H7BrN2O2/c11-7-3-1-2-6(4-7)8-5-9(10(14)15)13-12-8/h1-5H,(H,12,13)(H,14,15)/p-1. The summed E-state index contributed by atoms with van der Waals surface area (Å²) in [5.74, 6) is -1.26. The van der Waals surface area contributed by atoms with Crippen LogP contribution in [-0.2, 0) is 0 Å². The zero-order chi connectivity index (χ0) is 10.8. The number of nitrogens with one attached hydrogen (secondary N) is 1. The molecule has 1 N–H and O–H groups in total. The van der Waals surface area contributed by atoms with Gasteiger partial charge in [-0.25, -0.2) is 0 Å². The van der Waals surface area contributed by atoms with E-state index in [-0.39, 0.29) is 5.69 Å². The van der Waals surface area contributed by atoms with Gasteiger partial charge in [-0.2, -0.15) is 5.10 Å². The molecule has 0 spiro atoms. The van der Waals surface area contributed by atoms with Crippen LogP contribution in [0.15, 0.2) is 34.8 Å². The van der Waals surface area contributed by atoms with E-state index in [9.17, 15) is 9.90 Å². The molecule has 0 bridgehead atoms. The van der Waals surface area contributed by atoms with Crippen LogP contribution in [0.5, 0.6) is 0 Å². The molecule has 0 saturated heterocycles. The Kier molecular flexibility index (Phi) is 2.55. The summed E-state index contributed by atoms with van der Waals surface area (Å²) in [6, 6.07) is 8.88. The molecule has 15 heavy (non-hydrogen) atoms. The minimum atomic E-state index is -1.26. The summed E-state index contributed by atoms with van der Waals surface area (Å²) in [5, 5.41) is 16.8. The molecule has 1 aromatic heterocycles. The Morgan fingerprint density at radius 1 is 1.40 bits per heavy atom. The van der Waals surface area contributed by atoms with Crippen molar-refractivity contribution in [2.24, 2.45) is 0 Å². The Morgan fingerprint density at radius 2 is 2.20 bits per heavy atom. The number of hydrogen-bond acceptors (Lipinski definition) is 3. The number of halogens is 1. The number of H-pyrrole nitrogens is 1. The Balaban J connectivity index is 2.41. The fourth-order valence-electron chi connectivity index (χ4n) is 1.22. The largest absolute Gasteiger partial charge is 0.543 e. The van der Waals surface area contributed by atoms with Crippen molar-refractivity contribution >= 4 is 21.9 Å². The van der Waals surface area contributed by atoms with Crippen LogP contribution in [-0.4, -0.2) is 16.2 Å². The molecule has 4 nitrogen and oxygen atoms in total. The van der Waals surface area contributed by atoms with Crippen LogP contribution in [0, 0.1) is 0 Å². The lowest BCUT2D eigenvalue weighted by molar-refractivity contribution is -0.255. The molecular weight excluding hydrogens is 260 g/mol. The summed E-state index contributed by atoms with van der Waals surface area (Å²) >= 11 is 3.33. The van der Waals surface area contributed by atoms with Crippen LogP contribution in [0.2, 0.25) is 0 Å². The molecule has 76 valence electrons. The lowest BCUT2D eigenvalue weighted by Gasteiger charge is -1.96. The van der Waals surface area contributed by atoms with Gasteiger partial charge in [0.15, 0.2) is 0 Å². The molecule has 0 saturated carbocycles. The zero-order valence-corrected chi connectivity index (χ0v) is 9.11. The van der Waals surface area contributed by atoms with Crippen molar-refractivity contribution in [1.82, 2.24) is 10.2 Å². The Labute approximate surface area is 94.1 Å². The van der Waals surface area contributed by atoms with Crippen LogP contribution in [0.4, 0.5) is 0 Å². The fraction of sp³-hybridized carbons (Fsp3) is 0. The van der Waals surface area contributed by atoms with E-state index in [0.29, 0.717) is 5.69 Å². The number of carbonyl (C=O) groups is 1. The topological polar surface area (TPSA) is 68.8 Å². The summed E-state index contributed by atoms with van der Waals surface area (Å²) < 4.78 is 0.915. The van der Waals surface area contributed by atoms with E-state index in [2.05, 4.69) is 26.1 Å². The zero-order valence-electron chi connectivity index (χ0n) is 7.53. The molecule has 0 aliphatic heterocycles. The molecule has 0 atom stereocenters. The van der Waals surface area contributed by atoms with E-state index in [1.165, 1.54) is 6.07 Å². The lowest BCUT2D eigenvalue weighted by Crippen LogP contribution is -2.22. The number of carboxylic acids is 1. The van der Waals surface area contributed by atoms with Crippen molar-refractivity contribution in [2.45, 2.75) is 0 Å². The lowest BCUT2D eigenvalue weighted by atomic mass is 10.1. The van der Waals surface area contributed by atoms with Gasteiger partial charge in [0.2, 0.25) is 0 Å². The molecule has 2 rings (SSSR count). The van der Waals surface area contributed by atoms with E-state index in [4.69, 9.17) is 0 Å². The van der Waals surface area contributed by atoms with Gasteiger partial charge < -0.3 is 9.90 Å². The number of nitrogens with zero attached hydrogens (tertiary/aromatic N) is 1. The Hall–Kier alpha value is -1.62. The second kappa shape index (κ2) is 3.86. The summed E-state index contributed by atoms with van der Waals surface area (Å²) in [6.07, 6.45) is 0. The Morgan fingerprint density at radius 3 is 2.80 bits per heavy atom. The summed E-state index contributed by atoms with van der Waals surface area (Å²) in [7, 11) is 0. The van der Waals surface area contributed by atoms with Crippen LogP contribution in [0.3, 0.4) is 0 Å². The van der Waals surface area contributed by atoms with E-state index in [1.807, 2.05) is 24.3 Å². The molecule has 0 fully saturated rings. The molecular formula is C10H6BrN2O2-. The van der Waals surface area contributed by atoms with Crippen molar-refractivity contribution in [3.63, 3.8) is 0 Å². The minimum absolute atomic E-state index is 0.0232. The normalized spacial score (nSPS) is 10.2. The van der Waals surface area contributed by atoms with Gasteiger partial charge in [0.1, 0.15) is 0 Å². The number of benzene rings is 1. The molecule has 0 amide bonds. The average molecular weight is 266 g/mol. The number of aromatic carboxylic acids is 1. The first-order valence-corrected chi connectivity index (χ1v) is 4.99. The molecule has 0 aliphatic rings. The van der Waals surface area contributed by atoms with Crippen LogP contribution in [0.1, 0.15) is 10.5 Å². The minimum Gasteiger partial charge on any atom is -0.543 e. The first kappa shape index (κ1) is 9.92. The highest BCUT2D eigenvalue weighted by atomic mass is 79.9. The van der Waals surface area contributed by atoms with Gasteiger partial charge >= 0.3 is 0 Å². The number of aromatic nitrogens is 2.